The predicted octanol–water partition coefficient (Wildman–Crippen LogP) is 2.71. The Morgan fingerprint density at radius 1 is 1.36 bits per heavy atom. The third-order valence-corrected chi connectivity index (χ3v) is 2.36. The summed E-state index contributed by atoms with van der Waals surface area (Å²) in [4.78, 5) is 0. The van der Waals surface area contributed by atoms with E-state index in [2.05, 4.69) is 4.42 Å². The highest BCUT2D eigenvalue weighted by Crippen LogP contribution is 2.41. The summed E-state index contributed by atoms with van der Waals surface area (Å²) in [7, 11) is 0. The molecule has 0 radical (unpaired) electrons. The Hall–Kier alpha value is -0.970. The average molecular weight is 205 g/mol. The molecule has 2 rings (SSSR count). The third kappa shape index (κ3) is 1.77. The van der Waals surface area contributed by atoms with Crippen molar-refractivity contribution in [2.45, 2.75) is 25.1 Å². The lowest BCUT2D eigenvalue weighted by Crippen LogP contribution is -2.11. The summed E-state index contributed by atoms with van der Waals surface area (Å²) >= 11 is 0. The zero-order chi connectivity index (χ0) is 10.3. The molecule has 1 aromatic heterocycles. The molecule has 5 heteroatoms. The van der Waals surface area contributed by atoms with Crippen molar-refractivity contribution >= 4 is 0 Å². The van der Waals surface area contributed by atoms with E-state index < -0.39 is 11.9 Å². The van der Waals surface area contributed by atoms with E-state index in [1.54, 1.807) is 0 Å². The van der Waals surface area contributed by atoms with Gasteiger partial charge in [0, 0.05) is 0 Å². The molecule has 2 nitrogen and oxygen atoms in total. The Bertz CT molecular complexity index is 327. The molecular weight excluding hydrogens is 195 g/mol. The molecule has 78 valence electrons. The van der Waals surface area contributed by atoms with E-state index in [-0.39, 0.29) is 11.8 Å². The second-order valence-electron chi connectivity index (χ2n) is 3.56. The van der Waals surface area contributed by atoms with Crippen LogP contribution in [0.1, 0.15) is 30.4 Å². The van der Waals surface area contributed by atoms with Crippen LogP contribution in [0.15, 0.2) is 16.5 Å². The van der Waals surface area contributed by atoms with E-state index in [9.17, 15) is 13.2 Å². The molecule has 0 saturated heterocycles. The van der Waals surface area contributed by atoms with Gasteiger partial charge in [0.25, 0.3) is 0 Å². The second-order valence-corrected chi connectivity index (χ2v) is 3.56. The summed E-state index contributed by atoms with van der Waals surface area (Å²) in [5.74, 6) is -0.439. The summed E-state index contributed by atoms with van der Waals surface area (Å²) in [5.41, 5.74) is 5.70. The topological polar surface area (TPSA) is 39.2 Å². The highest BCUT2D eigenvalue weighted by molar-refractivity contribution is 5.14. The smallest absolute Gasteiger partial charge is 0.449 e. The Labute approximate surface area is 78.9 Å². The molecule has 0 unspecified atom stereocenters. The molecule has 0 aromatic carbocycles. The van der Waals surface area contributed by atoms with Gasteiger partial charge < -0.3 is 10.2 Å². The minimum Gasteiger partial charge on any atom is -0.455 e. The minimum absolute atomic E-state index is 0.236. The Balaban J connectivity index is 2.16. The summed E-state index contributed by atoms with van der Waals surface area (Å²) < 4.78 is 41.1. The first-order valence-corrected chi connectivity index (χ1v) is 4.41. The van der Waals surface area contributed by atoms with Crippen molar-refractivity contribution < 1.29 is 17.6 Å². The Kier molecular flexibility index (Phi) is 2.06. The first kappa shape index (κ1) is 9.58. The van der Waals surface area contributed by atoms with Crippen molar-refractivity contribution in [3.63, 3.8) is 0 Å². The normalized spacial score (nSPS) is 19.7. The molecule has 1 aliphatic rings. The third-order valence-electron chi connectivity index (χ3n) is 2.36. The minimum atomic E-state index is -4.42. The van der Waals surface area contributed by atoms with Crippen molar-refractivity contribution in [2.24, 2.45) is 11.7 Å². The monoisotopic (exact) mass is 205 g/mol. The van der Waals surface area contributed by atoms with Crippen molar-refractivity contribution in [1.82, 2.24) is 0 Å². The van der Waals surface area contributed by atoms with Gasteiger partial charge in [-0.25, -0.2) is 0 Å². The van der Waals surface area contributed by atoms with E-state index in [0.29, 0.717) is 5.92 Å². The molecule has 0 bridgehead atoms. The number of hydrogen-bond donors (Lipinski definition) is 1. The van der Waals surface area contributed by atoms with Gasteiger partial charge in [-0.1, -0.05) is 0 Å². The molecule has 2 N–H and O–H groups in total. The molecule has 1 aliphatic carbocycles. The second kappa shape index (κ2) is 3.02. The number of hydrogen-bond acceptors (Lipinski definition) is 2. The number of rotatable bonds is 2. The largest absolute Gasteiger partial charge is 0.455 e. The number of alkyl halides is 3. The lowest BCUT2D eigenvalue weighted by Gasteiger charge is -2.06. The molecule has 0 aliphatic heterocycles. The van der Waals surface area contributed by atoms with Crippen molar-refractivity contribution in [1.29, 1.82) is 0 Å². The van der Waals surface area contributed by atoms with Gasteiger partial charge in [0.1, 0.15) is 5.76 Å². The predicted molar refractivity (Wildman–Crippen MR) is 43.4 cm³/mol. The van der Waals surface area contributed by atoms with E-state index in [1.807, 2.05) is 0 Å². The average Bonchev–Trinajstić information content (AvgIpc) is 2.79. The quantitative estimate of drug-likeness (QED) is 0.806. The fourth-order valence-electron chi connectivity index (χ4n) is 1.37. The van der Waals surface area contributed by atoms with E-state index >= 15 is 0 Å². The van der Waals surface area contributed by atoms with Crippen LogP contribution in [0.2, 0.25) is 0 Å². The van der Waals surface area contributed by atoms with Crippen LogP contribution in [0.5, 0.6) is 0 Å². The van der Waals surface area contributed by atoms with Gasteiger partial charge in [0.05, 0.1) is 6.04 Å². The van der Waals surface area contributed by atoms with Crippen LogP contribution < -0.4 is 5.73 Å². The number of halogens is 3. The maximum absolute atomic E-state index is 12.1. The van der Waals surface area contributed by atoms with Gasteiger partial charge in [0.2, 0.25) is 5.76 Å². The zero-order valence-electron chi connectivity index (χ0n) is 7.34. The van der Waals surface area contributed by atoms with Gasteiger partial charge in [-0.2, -0.15) is 13.2 Å². The van der Waals surface area contributed by atoms with Crippen LogP contribution in [0, 0.1) is 5.92 Å². The van der Waals surface area contributed by atoms with Crippen LogP contribution in [-0.4, -0.2) is 0 Å². The Morgan fingerprint density at radius 2 is 2.00 bits per heavy atom. The fraction of sp³-hybridized carbons (Fsp3) is 0.556. The van der Waals surface area contributed by atoms with Crippen LogP contribution in [0.4, 0.5) is 13.2 Å². The van der Waals surface area contributed by atoms with Crippen LogP contribution >= 0.6 is 0 Å². The van der Waals surface area contributed by atoms with Crippen molar-refractivity contribution in [3.05, 3.63) is 23.7 Å². The van der Waals surface area contributed by atoms with Crippen molar-refractivity contribution in [2.75, 3.05) is 0 Å². The van der Waals surface area contributed by atoms with E-state index in [4.69, 9.17) is 5.73 Å². The highest BCUT2D eigenvalue weighted by atomic mass is 19.4. The van der Waals surface area contributed by atoms with Crippen LogP contribution in [0.25, 0.3) is 0 Å². The Morgan fingerprint density at radius 3 is 2.43 bits per heavy atom. The maximum atomic E-state index is 12.1. The standard InChI is InChI=1S/C9H10F3NO/c10-9(11,12)7-4-3-6(14-7)8(13)5-1-2-5/h3-5,8H,1-2,13H2/t8-/m1/s1. The summed E-state index contributed by atoms with van der Waals surface area (Å²) in [6.45, 7) is 0. The van der Waals surface area contributed by atoms with Gasteiger partial charge in [-0.15, -0.1) is 0 Å². The van der Waals surface area contributed by atoms with E-state index in [0.717, 1.165) is 18.9 Å². The lowest BCUT2D eigenvalue weighted by atomic mass is 10.1. The first-order chi connectivity index (χ1) is 6.48. The van der Waals surface area contributed by atoms with Crippen LogP contribution in [-0.2, 0) is 6.18 Å². The van der Waals surface area contributed by atoms with Crippen molar-refractivity contribution in [3.8, 4) is 0 Å². The van der Waals surface area contributed by atoms with Gasteiger partial charge in [0.15, 0.2) is 0 Å². The van der Waals surface area contributed by atoms with Gasteiger partial charge >= 0.3 is 6.18 Å². The van der Waals surface area contributed by atoms with Gasteiger partial charge in [-0.05, 0) is 30.9 Å². The molecule has 1 atom stereocenters. The molecule has 0 spiro atoms. The molecular formula is C9H10F3NO. The molecule has 0 amide bonds. The van der Waals surface area contributed by atoms with Crippen LogP contribution in [0.3, 0.4) is 0 Å². The maximum Gasteiger partial charge on any atom is 0.449 e. The summed E-state index contributed by atoms with van der Waals surface area (Å²) in [5, 5.41) is 0. The zero-order valence-corrected chi connectivity index (χ0v) is 7.34. The molecule has 14 heavy (non-hydrogen) atoms. The fourth-order valence-corrected chi connectivity index (χ4v) is 1.37. The SMILES string of the molecule is N[C@@H](c1ccc(C(F)(F)F)o1)C1CC1. The first-order valence-electron chi connectivity index (χ1n) is 4.41. The summed E-state index contributed by atoms with van der Waals surface area (Å²) in [6, 6.07) is 1.86. The highest BCUT2D eigenvalue weighted by Gasteiger charge is 2.37. The number of nitrogens with two attached hydrogens (primary N) is 1. The summed E-state index contributed by atoms with van der Waals surface area (Å²) in [6.07, 6.45) is -2.46. The van der Waals surface area contributed by atoms with E-state index in [1.165, 1.54) is 6.07 Å². The molecule has 1 heterocycles. The molecule has 1 fully saturated rings. The number of furan rings is 1. The molecule has 1 aromatic rings. The molecule has 1 saturated carbocycles. The lowest BCUT2D eigenvalue weighted by molar-refractivity contribution is -0.153. The van der Waals surface area contributed by atoms with Gasteiger partial charge in [-0.3, -0.25) is 0 Å².